The van der Waals surface area contributed by atoms with Crippen molar-refractivity contribution in [2.24, 2.45) is 11.7 Å². The maximum Gasteiger partial charge on any atom is 0.0932 e. The number of nitrogens with two attached hydrogens (primary N) is 1. The third kappa shape index (κ3) is 6.18. The van der Waals surface area contributed by atoms with Crippen molar-refractivity contribution in [1.82, 2.24) is 0 Å². The van der Waals surface area contributed by atoms with Gasteiger partial charge in [0.15, 0.2) is 0 Å². The zero-order valence-corrected chi connectivity index (χ0v) is 5.17. The summed E-state index contributed by atoms with van der Waals surface area (Å²) in [5.74, 6) is 0.0463. The molecule has 46 valence electrons. The van der Waals surface area contributed by atoms with Crippen molar-refractivity contribution >= 4 is 12.4 Å². The quantitative estimate of drug-likeness (QED) is 0.588. The van der Waals surface area contributed by atoms with E-state index >= 15 is 0 Å². The van der Waals surface area contributed by atoms with Gasteiger partial charge in [0.05, 0.1) is 6.67 Å². The van der Waals surface area contributed by atoms with Gasteiger partial charge in [0.2, 0.25) is 0 Å². The summed E-state index contributed by atoms with van der Waals surface area (Å²) in [7, 11) is 0. The molecule has 3 heteroatoms. The molecule has 1 atom stereocenters. The Labute approximate surface area is 49.5 Å². The van der Waals surface area contributed by atoms with Crippen molar-refractivity contribution in [3.05, 3.63) is 0 Å². The van der Waals surface area contributed by atoms with Gasteiger partial charge in [0, 0.05) is 0 Å². The second-order valence-corrected chi connectivity index (χ2v) is 1.50. The van der Waals surface area contributed by atoms with Crippen molar-refractivity contribution in [1.29, 1.82) is 0 Å². The predicted octanol–water partition coefficient (Wildman–Crippen LogP) is 0.973. The molecule has 0 aliphatic carbocycles. The van der Waals surface area contributed by atoms with E-state index in [2.05, 4.69) is 0 Å². The van der Waals surface area contributed by atoms with Crippen LogP contribution in [0, 0.1) is 5.92 Å². The Balaban J connectivity index is 0. The molecule has 7 heavy (non-hydrogen) atoms. The molecule has 0 bridgehead atoms. The first-order valence-corrected chi connectivity index (χ1v) is 2.07. The van der Waals surface area contributed by atoms with E-state index in [0.717, 1.165) is 0 Å². The van der Waals surface area contributed by atoms with Crippen LogP contribution in [-0.2, 0) is 0 Å². The van der Waals surface area contributed by atoms with Crippen molar-refractivity contribution in [3.63, 3.8) is 0 Å². The molecule has 0 fully saturated rings. The molecule has 0 aliphatic rings. The summed E-state index contributed by atoms with van der Waals surface area (Å²) in [5.41, 5.74) is 5.04. The average Bonchev–Trinajstić information content (AvgIpc) is 1.65. The lowest BCUT2D eigenvalue weighted by molar-refractivity contribution is 0.389. The molecule has 0 spiro atoms. The highest BCUT2D eigenvalue weighted by molar-refractivity contribution is 5.85. The summed E-state index contributed by atoms with van der Waals surface area (Å²) in [6.45, 7) is 1.94. The molecule has 0 heterocycles. The minimum atomic E-state index is -0.295. The van der Waals surface area contributed by atoms with Crippen LogP contribution in [0.3, 0.4) is 0 Å². The molecule has 0 aliphatic heterocycles. The first kappa shape index (κ1) is 10.2. The lowest BCUT2D eigenvalue weighted by Gasteiger charge is -1.96. The molecule has 0 aromatic carbocycles. The summed E-state index contributed by atoms with van der Waals surface area (Å²) < 4.78 is 11.3. The fourth-order valence-corrected chi connectivity index (χ4v) is 0.0630. The largest absolute Gasteiger partial charge is 0.330 e. The van der Waals surface area contributed by atoms with Crippen LogP contribution >= 0.6 is 12.4 Å². The van der Waals surface area contributed by atoms with Crippen LogP contribution in [-0.4, -0.2) is 13.2 Å². The van der Waals surface area contributed by atoms with Crippen LogP contribution < -0.4 is 5.73 Å². The van der Waals surface area contributed by atoms with Gasteiger partial charge in [-0.15, -0.1) is 12.4 Å². The second kappa shape index (κ2) is 6.18. The Kier molecular flexibility index (Phi) is 9.02. The number of hydrogen-bond acceptors (Lipinski definition) is 1. The summed E-state index contributed by atoms with van der Waals surface area (Å²) in [4.78, 5) is 0. The fraction of sp³-hybridized carbons (Fsp3) is 1.00. The summed E-state index contributed by atoms with van der Waals surface area (Å²) in [5, 5.41) is 0. The maximum absolute atomic E-state index is 11.3. The molecule has 0 radical (unpaired) electrons. The average molecular weight is 128 g/mol. The lowest BCUT2D eigenvalue weighted by Crippen LogP contribution is -2.11. The monoisotopic (exact) mass is 127 g/mol. The Morgan fingerprint density at radius 1 is 1.71 bits per heavy atom. The van der Waals surface area contributed by atoms with Crippen LogP contribution in [0.4, 0.5) is 4.39 Å². The molecule has 0 amide bonds. The third-order valence-electron chi connectivity index (χ3n) is 0.666. The number of hydrogen-bond donors (Lipinski definition) is 1. The highest BCUT2D eigenvalue weighted by Crippen LogP contribution is 1.88. The van der Waals surface area contributed by atoms with Gasteiger partial charge < -0.3 is 5.73 Å². The standard InChI is InChI=1S/C4H10FN.ClH/c1-4(2-5)3-6;/h4H,2-3,6H2,1H3;1H/t4-;/m1./s1. The van der Waals surface area contributed by atoms with Crippen LogP contribution in [0.1, 0.15) is 6.92 Å². The molecule has 0 saturated heterocycles. The van der Waals surface area contributed by atoms with Gasteiger partial charge >= 0.3 is 0 Å². The number of rotatable bonds is 2. The van der Waals surface area contributed by atoms with Gasteiger partial charge in [0.1, 0.15) is 0 Å². The zero-order valence-electron chi connectivity index (χ0n) is 4.36. The van der Waals surface area contributed by atoms with Crippen LogP contribution in [0.5, 0.6) is 0 Å². The molecule has 1 nitrogen and oxygen atoms in total. The highest BCUT2D eigenvalue weighted by atomic mass is 35.5. The molecule has 0 saturated carbocycles. The number of halogens is 2. The summed E-state index contributed by atoms with van der Waals surface area (Å²) in [6.07, 6.45) is 0. The third-order valence-corrected chi connectivity index (χ3v) is 0.666. The lowest BCUT2D eigenvalue weighted by atomic mass is 10.2. The SMILES string of the molecule is C[C@@H](CN)CF.Cl. The first-order valence-electron chi connectivity index (χ1n) is 2.07. The first-order chi connectivity index (χ1) is 2.81. The molecule has 0 rings (SSSR count). The van der Waals surface area contributed by atoms with E-state index in [1.54, 1.807) is 6.92 Å². The molecule has 0 aromatic heterocycles. The van der Waals surface area contributed by atoms with Gasteiger partial charge in [-0.1, -0.05) is 6.92 Å². The smallest absolute Gasteiger partial charge is 0.0932 e. The van der Waals surface area contributed by atoms with Gasteiger partial charge in [-0.2, -0.15) is 0 Å². The number of alkyl halides is 1. The van der Waals surface area contributed by atoms with Crippen molar-refractivity contribution < 1.29 is 4.39 Å². The van der Waals surface area contributed by atoms with Crippen LogP contribution in [0.15, 0.2) is 0 Å². The molecular formula is C4H11ClFN. The van der Waals surface area contributed by atoms with Crippen LogP contribution in [0.25, 0.3) is 0 Å². The maximum atomic E-state index is 11.3. The second-order valence-electron chi connectivity index (χ2n) is 1.50. The Bertz CT molecular complexity index is 30.9. The Morgan fingerprint density at radius 2 is 2.14 bits per heavy atom. The molecule has 2 N–H and O–H groups in total. The zero-order chi connectivity index (χ0) is 4.99. The van der Waals surface area contributed by atoms with E-state index in [9.17, 15) is 4.39 Å². The minimum Gasteiger partial charge on any atom is -0.330 e. The molecule has 0 aromatic rings. The van der Waals surface area contributed by atoms with E-state index in [1.165, 1.54) is 0 Å². The normalized spacial score (nSPS) is 12.4. The van der Waals surface area contributed by atoms with E-state index < -0.39 is 0 Å². The highest BCUT2D eigenvalue weighted by Gasteiger charge is 1.92. The Morgan fingerprint density at radius 3 is 2.14 bits per heavy atom. The van der Waals surface area contributed by atoms with Gasteiger partial charge in [-0.3, -0.25) is 4.39 Å². The Hall–Kier alpha value is 0.180. The van der Waals surface area contributed by atoms with Gasteiger partial charge in [-0.05, 0) is 12.5 Å². The van der Waals surface area contributed by atoms with Crippen molar-refractivity contribution in [3.8, 4) is 0 Å². The van der Waals surface area contributed by atoms with Crippen LogP contribution in [0.2, 0.25) is 0 Å². The van der Waals surface area contributed by atoms with E-state index in [1.807, 2.05) is 0 Å². The van der Waals surface area contributed by atoms with E-state index in [-0.39, 0.29) is 25.0 Å². The van der Waals surface area contributed by atoms with E-state index in [0.29, 0.717) is 6.54 Å². The summed E-state index contributed by atoms with van der Waals surface area (Å²) in [6, 6.07) is 0. The predicted molar refractivity (Wildman–Crippen MR) is 31.4 cm³/mol. The van der Waals surface area contributed by atoms with Gasteiger partial charge in [0.25, 0.3) is 0 Å². The molecule has 0 unspecified atom stereocenters. The van der Waals surface area contributed by atoms with E-state index in [4.69, 9.17) is 5.73 Å². The van der Waals surface area contributed by atoms with Gasteiger partial charge in [-0.25, -0.2) is 0 Å². The fourth-order valence-electron chi connectivity index (χ4n) is 0.0630. The topological polar surface area (TPSA) is 26.0 Å². The minimum absolute atomic E-state index is 0. The summed E-state index contributed by atoms with van der Waals surface area (Å²) >= 11 is 0. The van der Waals surface area contributed by atoms with Crippen molar-refractivity contribution in [2.75, 3.05) is 13.2 Å². The van der Waals surface area contributed by atoms with Crippen molar-refractivity contribution in [2.45, 2.75) is 6.92 Å². The molecular weight excluding hydrogens is 117 g/mol.